The fourth-order valence-electron chi connectivity index (χ4n) is 3.72. The van der Waals surface area contributed by atoms with Crippen molar-refractivity contribution < 1.29 is 4.74 Å². The van der Waals surface area contributed by atoms with E-state index < -0.39 is 0 Å². The summed E-state index contributed by atoms with van der Waals surface area (Å²) in [4.78, 5) is 7.17. The zero-order valence-corrected chi connectivity index (χ0v) is 13.8. The van der Waals surface area contributed by atoms with Crippen LogP contribution in [0.1, 0.15) is 49.8 Å². The predicted molar refractivity (Wildman–Crippen MR) is 84.4 cm³/mol. The van der Waals surface area contributed by atoms with Crippen LogP contribution in [0.2, 0.25) is 0 Å². The summed E-state index contributed by atoms with van der Waals surface area (Å²) in [5.41, 5.74) is 2.51. The van der Waals surface area contributed by atoms with Gasteiger partial charge in [0, 0.05) is 25.3 Å². The van der Waals surface area contributed by atoms with Gasteiger partial charge in [0.15, 0.2) is 0 Å². The first kappa shape index (κ1) is 15.0. The smallest absolute Gasteiger partial charge is 0.123 e. The Balaban J connectivity index is 1.47. The van der Waals surface area contributed by atoms with Crippen molar-refractivity contribution in [1.29, 1.82) is 0 Å². The summed E-state index contributed by atoms with van der Waals surface area (Å²) in [7, 11) is 0. The predicted octanol–water partition coefficient (Wildman–Crippen LogP) is 2.91. The van der Waals surface area contributed by atoms with Gasteiger partial charge in [-0.3, -0.25) is 4.90 Å². The van der Waals surface area contributed by atoms with Crippen LogP contribution in [0.15, 0.2) is 0 Å². The maximum absolute atomic E-state index is 6.15. The van der Waals surface area contributed by atoms with Crippen LogP contribution in [-0.2, 0) is 17.8 Å². The number of imidazole rings is 1. The van der Waals surface area contributed by atoms with Crippen molar-refractivity contribution in [2.75, 3.05) is 19.7 Å². The third-order valence-electron chi connectivity index (χ3n) is 5.31. The van der Waals surface area contributed by atoms with Crippen LogP contribution < -0.4 is 0 Å². The highest BCUT2D eigenvalue weighted by Gasteiger charge is 2.23. The molecule has 4 nitrogen and oxygen atoms in total. The number of hydrogen-bond acceptors (Lipinski definition) is 3. The fourth-order valence-corrected chi connectivity index (χ4v) is 3.72. The van der Waals surface area contributed by atoms with E-state index >= 15 is 0 Å². The number of fused-ring (bicyclic) bond motifs is 1. The number of ether oxygens (including phenoxy) is 1. The lowest BCUT2D eigenvalue weighted by Gasteiger charge is -2.31. The first-order valence-corrected chi connectivity index (χ1v) is 8.51. The maximum atomic E-state index is 6.15. The zero-order valence-electron chi connectivity index (χ0n) is 13.8. The molecule has 3 rings (SSSR count). The first-order valence-electron chi connectivity index (χ1n) is 8.51. The summed E-state index contributed by atoms with van der Waals surface area (Å²) in [6.45, 7) is 11.7. The lowest BCUT2D eigenvalue weighted by atomic mass is 9.88. The van der Waals surface area contributed by atoms with Crippen LogP contribution in [-0.4, -0.2) is 40.3 Å². The highest BCUT2D eigenvalue weighted by Crippen LogP contribution is 2.26. The summed E-state index contributed by atoms with van der Waals surface area (Å²) in [6.07, 6.45) is 5.81. The highest BCUT2D eigenvalue weighted by atomic mass is 16.5. The Morgan fingerprint density at radius 3 is 2.81 bits per heavy atom. The van der Waals surface area contributed by atoms with Crippen LogP contribution >= 0.6 is 0 Å². The van der Waals surface area contributed by atoms with E-state index in [4.69, 9.17) is 9.72 Å². The highest BCUT2D eigenvalue weighted by molar-refractivity contribution is 5.15. The molecule has 1 aliphatic carbocycles. The summed E-state index contributed by atoms with van der Waals surface area (Å²) in [6, 6.07) is 0. The molecule has 0 radical (unpaired) electrons. The van der Waals surface area contributed by atoms with Crippen molar-refractivity contribution >= 4 is 0 Å². The molecule has 118 valence electrons. The van der Waals surface area contributed by atoms with E-state index in [0.717, 1.165) is 38.7 Å². The molecule has 1 aromatic rings. The Morgan fingerprint density at radius 1 is 1.19 bits per heavy atom. The topological polar surface area (TPSA) is 30.3 Å². The molecule has 4 heteroatoms. The zero-order chi connectivity index (χ0) is 14.8. The van der Waals surface area contributed by atoms with Crippen molar-refractivity contribution in [2.45, 2.75) is 65.6 Å². The lowest BCUT2D eigenvalue weighted by molar-refractivity contribution is -0.0161. The quantitative estimate of drug-likeness (QED) is 0.854. The molecule has 0 spiro atoms. The van der Waals surface area contributed by atoms with Gasteiger partial charge in [-0.15, -0.1) is 0 Å². The third-order valence-corrected chi connectivity index (χ3v) is 5.31. The molecule has 0 saturated heterocycles. The van der Waals surface area contributed by atoms with Gasteiger partial charge in [-0.2, -0.15) is 0 Å². The summed E-state index contributed by atoms with van der Waals surface area (Å²) in [5, 5.41) is 0. The molecule has 0 aromatic carbocycles. The summed E-state index contributed by atoms with van der Waals surface area (Å²) >= 11 is 0. The van der Waals surface area contributed by atoms with E-state index in [-0.39, 0.29) is 0 Å². The van der Waals surface area contributed by atoms with Crippen molar-refractivity contribution in [3.05, 3.63) is 17.2 Å². The van der Waals surface area contributed by atoms with Gasteiger partial charge in [0.25, 0.3) is 0 Å². The van der Waals surface area contributed by atoms with Gasteiger partial charge in [-0.05, 0) is 32.6 Å². The SMILES string of the molecule is Cc1nc2n(c1C)CCN(CCOC1CCCCC1C)C2. The Labute approximate surface area is 128 Å². The number of nitrogens with zero attached hydrogens (tertiary/aromatic N) is 3. The molecular formula is C17H29N3O. The minimum Gasteiger partial charge on any atom is -0.377 e. The Hall–Kier alpha value is -0.870. The van der Waals surface area contributed by atoms with Gasteiger partial charge in [0.05, 0.1) is 24.9 Å². The van der Waals surface area contributed by atoms with E-state index in [1.165, 1.54) is 42.9 Å². The molecule has 1 fully saturated rings. The van der Waals surface area contributed by atoms with Gasteiger partial charge < -0.3 is 9.30 Å². The van der Waals surface area contributed by atoms with E-state index in [2.05, 4.69) is 30.2 Å². The molecule has 1 aromatic heterocycles. The van der Waals surface area contributed by atoms with Crippen molar-refractivity contribution in [2.24, 2.45) is 5.92 Å². The molecule has 1 aliphatic heterocycles. The van der Waals surface area contributed by atoms with Crippen LogP contribution in [0.4, 0.5) is 0 Å². The molecule has 0 bridgehead atoms. The largest absolute Gasteiger partial charge is 0.377 e. The fraction of sp³-hybridized carbons (Fsp3) is 0.824. The minimum absolute atomic E-state index is 0.495. The number of aryl methyl sites for hydroxylation is 1. The lowest BCUT2D eigenvalue weighted by Crippen LogP contribution is -2.37. The molecule has 2 unspecified atom stereocenters. The van der Waals surface area contributed by atoms with E-state index in [1.807, 2.05) is 0 Å². The van der Waals surface area contributed by atoms with Crippen molar-refractivity contribution in [1.82, 2.24) is 14.5 Å². The maximum Gasteiger partial charge on any atom is 0.123 e. The number of aromatic nitrogens is 2. The minimum atomic E-state index is 0.495. The van der Waals surface area contributed by atoms with E-state index in [0.29, 0.717) is 6.10 Å². The van der Waals surface area contributed by atoms with Crippen molar-refractivity contribution in [3.63, 3.8) is 0 Å². The van der Waals surface area contributed by atoms with Crippen LogP contribution in [0.5, 0.6) is 0 Å². The van der Waals surface area contributed by atoms with Crippen LogP contribution in [0.25, 0.3) is 0 Å². The second-order valence-electron chi connectivity index (χ2n) is 6.80. The van der Waals surface area contributed by atoms with Gasteiger partial charge in [0.1, 0.15) is 5.82 Å². The van der Waals surface area contributed by atoms with E-state index in [9.17, 15) is 0 Å². The third kappa shape index (κ3) is 3.32. The molecule has 2 heterocycles. The van der Waals surface area contributed by atoms with Crippen LogP contribution in [0.3, 0.4) is 0 Å². The van der Waals surface area contributed by atoms with Gasteiger partial charge in [0.2, 0.25) is 0 Å². The Bertz CT molecular complexity index is 483. The van der Waals surface area contributed by atoms with Crippen molar-refractivity contribution in [3.8, 4) is 0 Å². The molecule has 0 N–H and O–H groups in total. The first-order chi connectivity index (χ1) is 10.1. The normalized spacial score (nSPS) is 26.8. The van der Waals surface area contributed by atoms with Gasteiger partial charge >= 0.3 is 0 Å². The summed E-state index contributed by atoms with van der Waals surface area (Å²) < 4.78 is 8.52. The molecule has 2 aliphatic rings. The summed E-state index contributed by atoms with van der Waals surface area (Å²) in [5.74, 6) is 1.96. The molecule has 1 saturated carbocycles. The average Bonchev–Trinajstić information content (AvgIpc) is 2.76. The van der Waals surface area contributed by atoms with Gasteiger partial charge in [-0.1, -0.05) is 19.8 Å². The molecule has 0 amide bonds. The Morgan fingerprint density at radius 2 is 2.00 bits per heavy atom. The molecular weight excluding hydrogens is 262 g/mol. The molecule has 2 atom stereocenters. The Kier molecular flexibility index (Phi) is 4.65. The van der Waals surface area contributed by atoms with Gasteiger partial charge in [-0.25, -0.2) is 4.98 Å². The molecule has 21 heavy (non-hydrogen) atoms. The van der Waals surface area contributed by atoms with Crippen LogP contribution in [0, 0.1) is 19.8 Å². The second kappa shape index (κ2) is 6.49. The monoisotopic (exact) mass is 291 g/mol. The standard InChI is InChI=1S/C17H29N3O/c1-13-6-4-5-7-16(13)21-11-10-19-8-9-20-15(3)14(2)18-17(20)12-19/h13,16H,4-12H2,1-3H3. The number of rotatable bonds is 4. The average molecular weight is 291 g/mol. The number of hydrogen-bond donors (Lipinski definition) is 0. The van der Waals surface area contributed by atoms with E-state index in [1.54, 1.807) is 0 Å². The second-order valence-corrected chi connectivity index (χ2v) is 6.80.